The summed E-state index contributed by atoms with van der Waals surface area (Å²) in [7, 11) is 1.24. The Balaban J connectivity index is 1.25. The van der Waals surface area contributed by atoms with E-state index in [1.807, 2.05) is 97.6 Å². The molecule has 10 heteroatoms. The number of amides is 4. The molecule has 3 aromatic carbocycles. The molecule has 2 N–H and O–H groups in total. The Bertz CT molecular complexity index is 1480. The molecule has 4 amide bonds. The van der Waals surface area contributed by atoms with E-state index in [0.29, 0.717) is 44.7 Å². The third kappa shape index (κ3) is 6.24. The second-order valence-electron chi connectivity index (χ2n) is 11.4. The molecule has 0 aromatic heterocycles. The Morgan fingerprint density at radius 3 is 2.11 bits per heavy atom. The maximum absolute atomic E-state index is 14.0. The number of likely N-dealkylation sites (tertiary alicyclic amines) is 1. The summed E-state index contributed by atoms with van der Waals surface area (Å²) in [5.41, 5.74) is 3.32. The molecule has 2 aliphatic rings. The van der Waals surface area contributed by atoms with Crippen LogP contribution < -0.4 is 15.5 Å². The van der Waals surface area contributed by atoms with Crippen molar-refractivity contribution in [2.45, 2.75) is 44.8 Å². The molecule has 0 unspecified atom stereocenters. The lowest BCUT2D eigenvalue weighted by atomic mass is 9.85. The fraction of sp³-hybridized carbons (Fsp3) is 0.353. The van der Waals surface area contributed by atoms with Gasteiger partial charge < -0.3 is 30.1 Å². The van der Waals surface area contributed by atoms with Gasteiger partial charge in [0.15, 0.2) is 0 Å². The lowest BCUT2D eigenvalue weighted by molar-refractivity contribution is -0.142. The predicted molar refractivity (Wildman–Crippen MR) is 167 cm³/mol. The summed E-state index contributed by atoms with van der Waals surface area (Å²) < 4.78 is 4.90. The van der Waals surface area contributed by atoms with Gasteiger partial charge in [0.05, 0.1) is 20.3 Å². The van der Waals surface area contributed by atoms with Crippen LogP contribution in [0.5, 0.6) is 0 Å². The number of rotatable bonds is 8. The third-order valence-electron chi connectivity index (χ3n) is 8.63. The Kier molecular flexibility index (Phi) is 9.18. The fourth-order valence-electron chi connectivity index (χ4n) is 6.25. The van der Waals surface area contributed by atoms with Gasteiger partial charge in [-0.1, -0.05) is 66.7 Å². The van der Waals surface area contributed by atoms with E-state index in [4.69, 9.17) is 4.74 Å². The SMILES string of the molecule is COC(=O)[C@H](CNC(=O)N1CCC2(CC1)C(=O)N(Cc1ccccc1)CN2c1ccccc1)NC(=O)c1c(C)cccc1C. The number of urea groups is 1. The molecule has 10 nitrogen and oxygen atoms in total. The summed E-state index contributed by atoms with van der Waals surface area (Å²) in [6.07, 6.45) is 0.923. The van der Waals surface area contributed by atoms with E-state index in [2.05, 4.69) is 15.5 Å². The molecule has 0 bridgehead atoms. The number of benzene rings is 3. The smallest absolute Gasteiger partial charge is 0.330 e. The van der Waals surface area contributed by atoms with Gasteiger partial charge in [-0.05, 0) is 55.5 Å². The molecule has 2 aliphatic heterocycles. The molecule has 2 saturated heterocycles. The van der Waals surface area contributed by atoms with E-state index in [0.717, 1.165) is 22.4 Å². The lowest BCUT2D eigenvalue weighted by Gasteiger charge is -2.43. The number of hydrogen-bond donors (Lipinski definition) is 2. The number of hydrogen-bond acceptors (Lipinski definition) is 6. The van der Waals surface area contributed by atoms with Gasteiger partial charge in [-0.25, -0.2) is 9.59 Å². The minimum absolute atomic E-state index is 0.0604. The van der Waals surface area contributed by atoms with Crippen molar-refractivity contribution in [2.75, 3.05) is 38.3 Å². The van der Waals surface area contributed by atoms with Crippen molar-refractivity contribution >= 4 is 29.5 Å². The summed E-state index contributed by atoms with van der Waals surface area (Å²) in [6.45, 7) is 5.21. The number of nitrogens with zero attached hydrogens (tertiary/aromatic N) is 3. The van der Waals surface area contributed by atoms with Crippen molar-refractivity contribution in [1.29, 1.82) is 0 Å². The van der Waals surface area contributed by atoms with Gasteiger partial charge in [-0.15, -0.1) is 0 Å². The fourth-order valence-corrected chi connectivity index (χ4v) is 6.25. The number of nitrogens with one attached hydrogen (secondary N) is 2. The van der Waals surface area contributed by atoms with E-state index in [9.17, 15) is 19.2 Å². The number of carbonyl (C=O) groups excluding carboxylic acids is 4. The van der Waals surface area contributed by atoms with Crippen LogP contribution >= 0.6 is 0 Å². The van der Waals surface area contributed by atoms with Crippen LogP contribution in [0.1, 0.15) is 39.9 Å². The molecule has 0 radical (unpaired) electrons. The first kappa shape index (κ1) is 30.6. The van der Waals surface area contributed by atoms with E-state index in [-0.39, 0.29) is 18.5 Å². The van der Waals surface area contributed by atoms with Gasteiger partial charge in [-0.3, -0.25) is 9.59 Å². The minimum atomic E-state index is -1.07. The van der Waals surface area contributed by atoms with Gasteiger partial charge >= 0.3 is 12.0 Å². The molecule has 44 heavy (non-hydrogen) atoms. The number of piperidine rings is 1. The highest BCUT2D eigenvalue weighted by molar-refractivity contribution is 5.99. The monoisotopic (exact) mass is 597 g/mol. The zero-order chi connectivity index (χ0) is 31.3. The highest BCUT2D eigenvalue weighted by atomic mass is 16.5. The van der Waals surface area contributed by atoms with Crippen LogP contribution in [0.15, 0.2) is 78.9 Å². The molecule has 2 heterocycles. The van der Waals surface area contributed by atoms with E-state index >= 15 is 0 Å². The van der Waals surface area contributed by atoms with Gasteiger partial charge in [0.1, 0.15) is 11.6 Å². The van der Waals surface area contributed by atoms with Crippen molar-refractivity contribution in [3.8, 4) is 0 Å². The van der Waals surface area contributed by atoms with Crippen LogP contribution in [0, 0.1) is 13.8 Å². The second-order valence-corrected chi connectivity index (χ2v) is 11.4. The first-order valence-corrected chi connectivity index (χ1v) is 14.9. The number of anilines is 1. The number of carbonyl (C=O) groups is 4. The number of ether oxygens (including phenoxy) is 1. The molecule has 0 aliphatic carbocycles. The van der Waals surface area contributed by atoms with Crippen LogP contribution in [0.25, 0.3) is 0 Å². The van der Waals surface area contributed by atoms with E-state index in [1.54, 1.807) is 4.90 Å². The molecule has 0 saturated carbocycles. The van der Waals surface area contributed by atoms with Crippen molar-refractivity contribution in [2.24, 2.45) is 0 Å². The summed E-state index contributed by atoms with van der Waals surface area (Å²) in [6, 6.07) is 23.9. The van der Waals surface area contributed by atoms with Crippen molar-refractivity contribution in [1.82, 2.24) is 20.4 Å². The summed E-state index contributed by atoms with van der Waals surface area (Å²) in [5, 5.41) is 5.51. The van der Waals surface area contributed by atoms with Crippen LogP contribution in [-0.4, -0.2) is 78.6 Å². The number of esters is 1. The maximum Gasteiger partial charge on any atom is 0.330 e. The topological polar surface area (TPSA) is 111 Å². The van der Waals surface area contributed by atoms with Crippen LogP contribution in [-0.2, 0) is 20.9 Å². The zero-order valence-electron chi connectivity index (χ0n) is 25.4. The third-order valence-corrected chi connectivity index (χ3v) is 8.63. The first-order chi connectivity index (χ1) is 21.2. The maximum atomic E-state index is 14.0. The molecule has 5 rings (SSSR count). The van der Waals surface area contributed by atoms with Crippen LogP contribution in [0.2, 0.25) is 0 Å². The Labute approximate surface area is 258 Å². The molecular weight excluding hydrogens is 558 g/mol. The second kappa shape index (κ2) is 13.2. The van der Waals surface area contributed by atoms with Crippen molar-refractivity contribution in [3.63, 3.8) is 0 Å². The van der Waals surface area contributed by atoms with Gasteiger partial charge in [-0.2, -0.15) is 0 Å². The van der Waals surface area contributed by atoms with Gasteiger partial charge in [0.25, 0.3) is 5.91 Å². The minimum Gasteiger partial charge on any atom is -0.467 e. The van der Waals surface area contributed by atoms with Crippen molar-refractivity contribution in [3.05, 3.63) is 101 Å². The predicted octanol–water partition coefficient (Wildman–Crippen LogP) is 3.63. The van der Waals surface area contributed by atoms with Gasteiger partial charge in [0, 0.05) is 30.9 Å². The molecule has 3 aromatic rings. The zero-order valence-corrected chi connectivity index (χ0v) is 25.4. The Hall–Kier alpha value is -4.86. The summed E-state index contributed by atoms with van der Waals surface area (Å²) in [5.74, 6) is -1.01. The highest BCUT2D eigenvalue weighted by Gasteiger charge is 2.54. The van der Waals surface area contributed by atoms with E-state index in [1.165, 1.54) is 7.11 Å². The standard InChI is InChI=1S/C34H39N5O5/c1-24-11-10-12-25(2)29(24)30(40)36-28(31(41)44-3)21-35-33(43)37-19-17-34(18-20-37)32(42)38(22-26-13-6-4-7-14-26)23-39(34)27-15-8-5-9-16-27/h4-16,28H,17-23H2,1-3H3,(H,35,43)(H,36,40)/t28-/m0/s1. The molecule has 1 atom stereocenters. The average Bonchev–Trinajstić information content (AvgIpc) is 3.29. The normalized spacial score (nSPS) is 16.5. The average molecular weight is 598 g/mol. The van der Waals surface area contributed by atoms with Crippen LogP contribution in [0.3, 0.4) is 0 Å². The molecular formula is C34H39N5O5. The summed E-state index contributed by atoms with van der Waals surface area (Å²) in [4.78, 5) is 58.6. The Morgan fingerprint density at radius 1 is 0.886 bits per heavy atom. The number of aryl methyl sites for hydroxylation is 2. The van der Waals surface area contributed by atoms with Crippen LogP contribution in [0.4, 0.5) is 10.5 Å². The molecule has 230 valence electrons. The number of methoxy groups -OCH3 is 1. The number of para-hydroxylation sites is 1. The highest BCUT2D eigenvalue weighted by Crippen LogP contribution is 2.40. The van der Waals surface area contributed by atoms with E-state index < -0.39 is 23.5 Å². The molecule has 2 fully saturated rings. The quantitative estimate of drug-likeness (QED) is 0.384. The molecule has 1 spiro atoms. The summed E-state index contributed by atoms with van der Waals surface area (Å²) >= 11 is 0. The lowest BCUT2D eigenvalue weighted by Crippen LogP contribution is -2.59. The van der Waals surface area contributed by atoms with Gasteiger partial charge in [0.2, 0.25) is 5.91 Å². The Morgan fingerprint density at radius 2 is 1.50 bits per heavy atom. The first-order valence-electron chi connectivity index (χ1n) is 14.9. The largest absolute Gasteiger partial charge is 0.467 e. The van der Waals surface area contributed by atoms with Crippen molar-refractivity contribution < 1.29 is 23.9 Å².